The molecule has 4 rings (SSSR count). The van der Waals surface area contributed by atoms with Crippen LogP contribution >= 0.6 is 0 Å². The minimum Gasteiger partial charge on any atom is -0.493 e. The normalized spacial score (nSPS) is 12.0. The molecule has 1 atom stereocenters. The van der Waals surface area contributed by atoms with E-state index in [0.29, 0.717) is 35.1 Å². The molecular formula is C24H25N3O4. The molecule has 0 bridgehead atoms. The zero-order valence-corrected chi connectivity index (χ0v) is 18.0. The molecule has 0 fully saturated rings. The number of methoxy groups -OCH3 is 2. The van der Waals surface area contributed by atoms with Gasteiger partial charge in [-0.05, 0) is 31.5 Å². The number of carbonyl (C=O) groups excluding carboxylic acids is 1. The van der Waals surface area contributed by atoms with Crippen molar-refractivity contribution in [3.8, 4) is 11.5 Å². The molecule has 0 aliphatic heterocycles. The van der Waals surface area contributed by atoms with Gasteiger partial charge in [-0.2, -0.15) is 0 Å². The van der Waals surface area contributed by atoms with Crippen LogP contribution < -0.4 is 14.8 Å². The van der Waals surface area contributed by atoms with Crippen LogP contribution in [-0.4, -0.2) is 36.8 Å². The van der Waals surface area contributed by atoms with Gasteiger partial charge in [0, 0.05) is 35.1 Å². The largest absolute Gasteiger partial charge is 0.493 e. The highest BCUT2D eigenvalue weighted by Crippen LogP contribution is 2.40. The second kappa shape index (κ2) is 8.55. The lowest BCUT2D eigenvalue weighted by Gasteiger charge is -2.22. The van der Waals surface area contributed by atoms with Gasteiger partial charge in [-0.1, -0.05) is 35.5 Å². The molecule has 1 unspecified atom stereocenters. The average molecular weight is 419 g/mol. The van der Waals surface area contributed by atoms with Crippen LogP contribution in [0.5, 0.6) is 11.5 Å². The van der Waals surface area contributed by atoms with Crippen molar-refractivity contribution in [1.82, 2.24) is 15.5 Å². The summed E-state index contributed by atoms with van der Waals surface area (Å²) >= 11 is 0. The number of para-hydroxylation sites is 2. The number of carbonyl (C=O) groups is 1. The van der Waals surface area contributed by atoms with E-state index in [0.717, 1.165) is 22.0 Å². The van der Waals surface area contributed by atoms with Crippen molar-refractivity contribution in [2.45, 2.75) is 19.8 Å². The van der Waals surface area contributed by atoms with Crippen molar-refractivity contribution >= 4 is 16.8 Å². The topological polar surface area (TPSA) is 89.4 Å². The maximum atomic E-state index is 12.9. The highest BCUT2D eigenvalue weighted by molar-refractivity contribution is 5.96. The van der Waals surface area contributed by atoms with Crippen molar-refractivity contribution in [2.24, 2.45) is 0 Å². The van der Waals surface area contributed by atoms with Gasteiger partial charge in [-0.25, -0.2) is 0 Å². The lowest BCUT2D eigenvalue weighted by atomic mass is 9.89. The fourth-order valence-electron chi connectivity index (χ4n) is 4.05. The molecule has 1 amide bonds. The van der Waals surface area contributed by atoms with E-state index in [2.05, 4.69) is 21.5 Å². The molecule has 7 heteroatoms. The second-order valence-corrected chi connectivity index (χ2v) is 7.33. The van der Waals surface area contributed by atoms with E-state index in [1.165, 1.54) is 0 Å². The number of hydrogen-bond acceptors (Lipinski definition) is 5. The summed E-state index contributed by atoms with van der Waals surface area (Å²) in [6, 6.07) is 13.9. The highest BCUT2D eigenvalue weighted by Gasteiger charge is 2.25. The smallest absolute Gasteiger partial charge is 0.256 e. The molecule has 4 aromatic rings. The first-order chi connectivity index (χ1) is 15.0. The van der Waals surface area contributed by atoms with Crippen LogP contribution in [-0.2, 0) is 0 Å². The molecule has 7 nitrogen and oxygen atoms in total. The predicted octanol–water partition coefficient (Wildman–Crippen LogP) is 4.35. The summed E-state index contributed by atoms with van der Waals surface area (Å²) in [6.45, 7) is 3.85. The minimum absolute atomic E-state index is 0.175. The zero-order valence-electron chi connectivity index (χ0n) is 18.0. The Balaban J connectivity index is 1.76. The third-order valence-electron chi connectivity index (χ3n) is 5.53. The number of aromatic amines is 1. The highest BCUT2D eigenvalue weighted by atomic mass is 16.5. The van der Waals surface area contributed by atoms with Crippen LogP contribution in [0, 0.1) is 13.8 Å². The van der Waals surface area contributed by atoms with Gasteiger partial charge < -0.3 is 24.3 Å². The summed E-state index contributed by atoms with van der Waals surface area (Å²) in [6.07, 6.45) is 1.98. The molecule has 2 N–H and O–H groups in total. The Labute approximate surface area is 180 Å². The lowest BCUT2D eigenvalue weighted by molar-refractivity contribution is 0.0950. The maximum absolute atomic E-state index is 12.9. The number of hydrogen-bond donors (Lipinski definition) is 2. The van der Waals surface area contributed by atoms with Gasteiger partial charge in [0.1, 0.15) is 11.3 Å². The Bertz CT molecular complexity index is 1210. The van der Waals surface area contributed by atoms with Gasteiger partial charge in [-0.15, -0.1) is 0 Å². The van der Waals surface area contributed by atoms with E-state index in [1.54, 1.807) is 28.1 Å². The number of aryl methyl sites for hydroxylation is 2. The van der Waals surface area contributed by atoms with E-state index in [1.807, 2.05) is 42.6 Å². The molecule has 0 saturated carbocycles. The van der Waals surface area contributed by atoms with Crippen LogP contribution in [0.4, 0.5) is 0 Å². The molecule has 2 aromatic carbocycles. The SMILES string of the molecule is COc1cccc(C(CNC(=O)c2c(C)noc2C)c2c[nH]c3ccccc23)c1OC. The molecule has 0 aliphatic rings. The zero-order chi connectivity index (χ0) is 22.0. The van der Waals surface area contributed by atoms with Crippen molar-refractivity contribution in [3.05, 3.63) is 76.8 Å². The molecule has 2 heterocycles. The van der Waals surface area contributed by atoms with Crippen LogP contribution in [0.1, 0.15) is 38.9 Å². The third-order valence-corrected chi connectivity index (χ3v) is 5.53. The lowest BCUT2D eigenvalue weighted by Crippen LogP contribution is -2.29. The van der Waals surface area contributed by atoms with E-state index < -0.39 is 0 Å². The number of ether oxygens (including phenoxy) is 2. The number of fused-ring (bicyclic) bond motifs is 1. The summed E-state index contributed by atoms with van der Waals surface area (Å²) in [5.41, 5.74) is 4.04. The standard InChI is InChI=1S/C24H25N3O4/c1-14-22(15(2)31-27-14)24(28)26-13-19(17-9-7-11-21(29-3)23(17)30-4)18-12-25-20-10-6-5-8-16(18)20/h5-12,19,25H,13H2,1-4H3,(H,26,28). The van der Waals surface area contributed by atoms with Crippen molar-refractivity contribution in [3.63, 3.8) is 0 Å². The molecule has 2 aromatic heterocycles. The Morgan fingerprint density at radius 3 is 2.61 bits per heavy atom. The van der Waals surface area contributed by atoms with Crippen LogP contribution in [0.3, 0.4) is 0 Å². The number of amides is 1. The number of nitrogens with zero attached hydrogens (tertiary/aromatic N) is 1. The Hall–Kier alpha value is -3.74. The van der Waals surface area contributed by atoms with Crippen molar-refractivity contribution < 1.29 is 18.8 Å². The Kier molecular flexibility index (Phi) is 5.66. The van der Waals surface area contributed by atoms with Crippen molar-refractivity contribution in [2.75, 3.05) is 20.8 Å². The summed E-state index contributed by atoms with van der Waals surface area (Å²) in [7, 11) is 3.23. The molecule has 0 spiro atoms. The van der Waals surface area contributed by atoms with Gasteiger partial charge in [0.2, 0.25) is 0 Å². The monoisotopic (exact) mass is 419 g/mol. The van der Waals surface area contributed by atoms with Gasteiger partial charge >= 0.3 is 0 Å². The van der Waals surface area contributed by atoms with E-state index in [-0.39, 0.29) is 11.8 Å². The number of aromatic nitrogens is 2. The third kappa shape index (κ3) is 3.74. The van der Waals surface area contributed by atoms with Crippen LogP contribution in [0.15, 0.2) is 53.2 Å². The average Bonchev–Trinajstić information content (AvgIpc) is 3.36. The van der Waals surface area contributed by atoms with Crippen molar-refractivity contribution in [1.29, 1.82) is 0 Å². The first-order valence-corrected chi connectivity index (χ1v) is 10.0. The molecule has 0 aliphatic carbocycles. The second-order valence-electron chi connectivity index (χ2n) is 7.33. The fraction of sp³-hybridized carbons (Fsp3) is 0.250. The van der Waals surface area contributed by atoms with E-state index >= 15 is 0 Å². The number of rotatable bonds is 7. The molecule has 0 radical (unpaired) electrons. The van der Waals surface area contributed by atoms with E-state index in [4.69, 9.17) is 14.0 Å². The quantitative estimate of drug-likeness (QED) is 0.465. The first-order valence-electron chi connectivity index (χ1n) is 10.0. The van der Waals surface area contributed by atoms with Crippen LogP contribution in [0.25, 0.3) is 10.9 Å². The number of nitrogens with one attached hydrogen (secondary N) is 2. The Morgan fingerprint density at radius 1 is 1.10 bits per heavy atom. The molecular weight excluding hydrogens is 394 g/mol. The number of benzene rings is 2. The summed E-state index contributed by atoms with van der Waals surface area (Å²) < 4.78 is 16.4. The molecule has 0 saturated heterocycles. The Morgan fingerprint density at radius 2 is 1.90 bits per heavy atom. The molecule has 160 valence electrons. The van der Waals surface area contributed by atoms with E-state index in [9.17, 15) is 4.79 Å². The number of H-pyrrole nitrogens is 1. The van der Waals surface area contributed by atoms with Gasteiger partial charge in [0.05, 0.1) is 19.9 Å². The minimum atomic E-state index is -0.219. The molecule has 31 heavy (non-hydrogen) atoms. The summed E-state index contributed by atoms with van der Waals surface area (Å²) in [4.78, 5) is 16.2. The predicted molar refractivity (Wildman–Crippen MR) is 118 cm³/mol. The van der Waals surface area contributed by atoms with Crippen LogP contribution in [0.2, 0.25) is 0 Å². The summed E-state index contributed by atoms with van der Waals surface area (Å²) in [5.74, 6) is 1.39. The maximum Gasteiger partial charge on any atom is 0.256 e. The van der Waals surface area contributed by atoms with Gasteiger partial charge in [-0.3, -0.25) is 4.79 Å². The summed E-state index contributed by atoms with van der Waals surface area (Å²) in [5, 5.41) is 8.03. The van der Waals surface area contributed by atoms with Gasteiger partial charge in [0.15, 0.2) is 11.5 Å². The fourth-order valence-corrected chi connectivity index (χ4v) is 4.05. The van der Waals surface area contributed by atoms with Gasteiger partial charge in [0.25, 0.3) is 5.91 Å². The first kappa shape index (κ1) is 20.5.